The first-order valence-electron chi connectivity index (χ1n) is 3.09. The van der Waals surface area contributed by atoms with Crippen molar-refractivity contribution < 1.29 is 0 Å². The Bertz CT molecular complexity index is 74.6. The minimum absolute atomic E-state index is 0.319. The van der Waals surface area contributed by atoms with Gasteiger partial charge in [0.1, 0.15) is 0 Å². The summed E-state index contributed by atoms with van der Waals surface area (Å²) in [6, 6.07) is 0. The minimum Gasteiger partial charge on any atom is -0.313 e. The molecule has 0 bridgehead atoms. The molecular weight excluding hydrogens is 100 g/mol. The fourth-order valence-electron chi connectivity index (χ4n) is 0.935. The fourth-order valence-corrected chi connectivity index (χ4v) is 0.935. The molecule has 8 heavy (non-hydrogen) atoms. The zero-order valence-corrected chi connectivity index (χ0v) is 5.57. The SMILES string of the molecule is CNC1(C)CC[N]C1. The van der Waals surface area contributed by atoms with Crippen LogP contribution in [0.1, 0.15) is 13.3 Å². The van der Waals surface area contributed by atoms with E-state index in [1.165, 1.54) is 6.42 Å². The van der Waals surface area contributed by atoms with Gasteiger partial charge in [-0.25, -0.2) is 5.32 Å². The molecule has 0 spiro atoms. The van der Waals surface area contributed by atoms with Crippen LogP contribution in [0.3, 0.4) is 0 Å². The Morgan fingerprint density at radius 1 is 1.62 bits per heavy atom. The Balaban J connectivity index is 2.40. The van der Waals surface area contributed by atoms with Crippen LogP contribution in [-0.4, -0.2) is 25.7 Å². The molecule has 0 saturated carbocycles. The van der Waals surface area contributed by atoms with Gasteiger partial charge in [-0.15, -0.1) is 0 Å². The van der Waals surface area contributed by atoms with E-state index in [0.29, 0.717) is 5.54 Å². The Hall–Kier alpha value is -0.0800. The van der Waals surface area contributed by atoms with Crippen LogP contribution in [0.15, 0.2) is 0 Å². The molecule has 1 saturated heterocycles. The molecular formula is C6H13N2. The maximum Gasteiger partial charge on any atom is 0.0313 e. The van der Waals surface area contributed by atoms with Gasteiger partial charge in [-0.3, -0.25) is 0 Å². The molecule has 1 N–H and O–H groups in total. The zero-order valence-electron chi connectivity index (χ0n) is 5.57. The first kappa shape index (κ1) is 6.05. The lowest BCUT2D eigenvalue weighted by atomic mass is 10.0. The van der Waals surface area contributed by atoms with E-state index in [1.54, 1.807) is 0 Å². The summed E-state index contributed by atoms with van der Waals surface area (Å²) in [5.74, 6) is 0. The molecule has 1 atom stereocenters. The standard InChI is InChI=1S/C6H13N2/c1-6(7-2)3-4-8-5-6/h7H,3-5H2,1-2H3. The van der Waals surface area contributed by atoms with E-state index < -0.39 is 0 Å². The Morgan fingerprint density at radius 2 is 2.38 bits per heavy atom. The third-order valence-corrected chi connectivity index (χ3v) is 1.89. The summed E-state index contributed by atoms with van der Waals surface area (Å²) in [6.07, 6.45) is 1.20. The molecule has 1 heterocycles. The molecule has 47 valence electrons. The molecule has 1 radical (unpaired) electrons. The highest BCUT2D eigenvalue weighted by Crippen LogP contribution is 2.12. The number of hydrogen-bond donors (Lipinski definition) is 1. The average molecular weight is 113 g/mol. The molecule has 1 aliphatic heterocycles. The van der Waals surface area contributed by atoms with Crippen molar-refractivity contribution in [2.75, 3.05) is 20.1 Å². The van der Waals surface area contributed by atoms with Gasteiger partial charge in [0.2, 0.25) is 0 Å². The predicted octanol–water partition coefficient (Wildman–Crippen LogP) is -0.0274. The lowest BCUT2D eigenvalue weighted by molar-refractivity contribution is 0.423. The highest BCUT2D eigenvalue weighted by atomic mass is 15.1. The summed E-state index contributed by atoms with van der Waals surface area (Å²) < 4.78 is 0. The number of nitrogens with zero attached hydrogens (tertiary/aromatic N) is 1. The van der Waals surface area contributed by atoms with Gasteiger partial charge in [-0.1, -0.05) is 0 Å². The Labute approximate surface area is 50.7 Å². The quantitative estimate of drug-likeness (QED) is 0.508. The van der Waals surface area contributed by atoms with Gasteiger partial charge in [-0.2, -0.15) is 0 Å². The van der Waals surface area contributed by atoms with Crippen molar-refractivity contribution in [3.63, 3.8) is 0 Å². The summed E-state index contributed by atoms with van der Waals surface area (Å²) in [4.78, 5) is 0. The second-order valence-corrected chi connectivity index (χ2v) is 2.67. The van der Waals surface area contributed by atoms with Crippen molar-refractivity contribution in [2.24, 2.45) is 0 Å². The van der Waals surface area contributed by atoms with E-state index in [2.05, 4.69) is 17.6 Å². The molecule has 1 rings (SSSR count). The van der Waals surface area contributed by atoms with Crippen molar-refractivity contribution in [3.8, 4) is 0 Å². The van der Waals surface area contributed by atoms with Crippen LogP contribution < -0.4 is 10.6 Å². The van der Waals surface area contributed by atoms with E-state index in [0.717, 1.165) is 13.1 Å². The number of hydrogen-bond acceptors (Lipinski definition) is 1. The topological polar surface area (TPSA) is 26.1 Å². The number of likely N-dealkylation sites (N-methyl/N-ethyl adjacent to an activating group) is 1. The summed E-state index contributed by atoms with van der Waals surface area (Å²) in [6.45, 7) is 4.24. The van der Waals surface area contributed by atoms with E-state index in [9.17, 15) is 0 Å². The normalized spacial score (nSPS) is 38.2. The third-order valence-electron chi connectivity index (χ3n) is 1.89. The maximum absolute atomic E-state index is 4.24. The van der Waals surface area contributed by atoms with Crippen LogP contribution >= 0.6 is 0 Å². The Morgan fingerprint density at radius 3 is 2.62 bits per heavy atom. The van der Waals surface area contributed by atoms with E-state index in [4.69, 9.17) is 0 Å². The van der Waals surface area contributed by atoms with Crippen molar-refractivity contribution in [3.05, 3.63) is 0 Å². The van der Waals surface area contributed by atoms with Gasteiger partial charge in [0, 0.05) is 18.6 Å². The maximum atomic E-state index is 4.24. The fraction of sp³-hybridized carbons (Fsp3) is 1.00. The van der Waals surface area contributed by atoms with Crippen LogP contribution in [0, 0.1) is 0 Å². The minimum atomic E-state index is 0.319. The second-order valence-electron chi connectivity index (χ2n) is 2.67. The van der Waals surface area contributed by atoms with Crippen LogP contribution in [0.2, 0.25) is 0 Å². The van der Waals surface area contributed by atoms with E-state index in [1.807, 2.05) is 7.05 Å². The molecule has 0 aromatic carbocycles. The van der Waals surface area contributed by atoms with Gasteiger partial charge in [-0.05, 0) is 20.4 Å². The van der Waals surface area contributed by atoms with Crippen LogP contribution in [-0.2, 0) is 0 Å². The van der Waals surface area contributed by atoms with Gasteiger partial charge in [0.25, 0.3) is 0 Å². The lowest BCUT2D eigenvalue weighted by Gasteiger charge is -2.20. The van der Waals surface area contributed by atoms with E-state index >= 15 is 0 Å². The molecule has 2 nitrogen and oxygen atoms in total. The molecule has 0 amide bonds. The van der Waals surface area contributed by atoms with Crippen molar-refractivity contribution in [1.82, 2.24) is 10.6 Å². The molecule has 1 fully saturated rings. The average Bonchev–Trinajstić information content (AvgIpc) is 2.17. The van der Waals surface area contributed by atoms with Crippen LogP contribution in [0.4, 0.5) is 0 Å². The number of nitrogens with one attached hydrogen (secondary N) is 1. The zero-order chi connectivity index (χ0) is 6.04. The summed E-state index contributed by atoms with van der Waals surface area (Å²) in [5, 5.41) is 7.49. The van der Waals surface area contributed by atoms with E-state index in [-0.39, 0.29) is 0 Å². The third kappa shape index (κ3) is 1.01. The highest BCUT2D eigenvalue weighted by Gasteiger charge is 2.26. The number of rotatable bonds is 1. The van der Waals surface area contributed by atoms with Crippen LogP contribution in [0.5, 0.6) is 0 Å². The summed E-state index contributed by atoms with van der Waals surface area (Å²) in [5.41, 5.74) is 0.319. The molecule has 1 unspecified atom stereocenters. The smallest absolute Gasteiger partial charge is 0.0313 e. The monoisotopic (exact) mass is 113 g/mol. The summed E-state index contributed by atoms with van der Waals surface area (Å²) >= 11 is 0. The first-order chi connectivity index (χ1) is 3.77. The van der Waals surface area contributed by atoms with Gasteiger partial charge >= 0.3 is 0 Å². The van der Waals surface area contributed by atoms with Gasteiger partial charge in [0.05, 0.1) is 0 Å². The van der Waals surface area contributed by atoms with Gasteiger partial charge < -0.3 is 5.32 Å². The lowest BCUT2D eigenvalue weighted by Crippen LogP contribution is -2.40. The first-order valence-corrected chi connectivity index (χ1v) is 3.09. The second kappa shape index (κ2) is 2.03. The largest absolute Gasteiger partial charge is 0.313 e. The van der Waals surface area contributed by atoms with Crippen LogP contribution in [0.25, 0.3) is 0 Å². The molecule has 0 aromatic heterocycles. The van der Waals surface area contributed by atoms with Crippen molar-refractivity contribution in [2.45, 2.75) is 18.9 Å². The highest BCUT2D eigenvalue weighted by molar-refractivity contribution is 4.89. The van der Waals surface area contributed by atoms with Crippen molar-refractivity contribution >= 4 is 0 Å². The molecule has 0 aliphatic carbocycles. The van der Waals surface area contributed by atoms with Crippen molar-refractivity contribution in [1.29, 1.82) is 0 Å². The van der Waals surface area contributed by atoms with Gasteiger partial charge in [0.15, 0.2) is 0 Å². The molecule has 2 heteroatoms. The predicted molar refractivity (Wildman–Crippen MR) is 33.9 cm³/mol. The molecule has 0 aromatic rings. The Kier molecular flexibility index (Phi) is 1.54. The molecule has 1 aliphatic rings. The summed E-state index contributed by atoms with van der Waals surface area (Å²) in [7, 11) is 2.00.